The van der Waals surface area contributed by atoms with Crippen molar-refractivity contribution >= 4 is 5.97 Å². The van der Waals surface area contributed by atoms with E-state index in [1.807, 2.05) is 0 Å². The first-order valence-corrected chi connectivity index (χ1v) is 5.31. The van der Waals surface area contributed by atoms with Gasteiger partial charge < -0.3 is 10.4 Å². The second-order valence-corrected chi connectivity index (χ2v) is 3.95. The number of hydrogen-bond donors (Lipinski definition) is 2. The number of carboxylic acid groups (broad SMARTS) is 1. The van der Waals surface area contributed by atoms with Crippen LogP contribution in [0.3, 0.4) is 0 Å². The molecule has 0 radical (unpaired) electrons. The smallest absolute Gasteiger partial charge is 0.329 e. The van der Waals surface area contributed by atoms with Crippen LogP contribution in [0.25, 0.3) is 0 Å². The Morgan fingerprint density at radius 1 is 1.38 bits per heavy atom. The highest BCUT2D eigenvalue weighted by Gasteiger charge is 1.97. The minimum Gasteiger partial charge on any atom is -0.478 e. The van der Waals surface area contributed by atoms with E-state index in [9.17, 15) is 4.79 Å². The van der Waals surface area contributed by atoms with Gasteiger partial charge in [-0.2, -0.15) is 0 Å². The molecule has 86 valence electrons. The predicted octanol–water partition coefficient (Wildman–Crippen LogP) is 2.50. The molecule has 1 aromatic rings. The van der Waals surface area contributed by atoms with Gasteiger partial charge in [0.15, 0.2) is 0 Å². The van der Waals surface area contributed by atoms with Crippen molar-refractivity contribution in [2.75, 3.05) is 0 Å². The van der Waals surface area contributed by atoms with Gasteiger partial charge in [-0.05, 0) is 17.0 Å². The van der Waals surface area contributed by atoms with Crippen molar-refractivity contribution in [3.63, 3.8) is 0 Å². The fraction of sp³-hybridized carbons (Fsp3) is 0.308. The van der Waals surface area contributed by atoms with Crippen molar-refractivity contribution in [2.45, 2.75) is 26.3 Å². The molecule has 0 fully saturated rings. The molecule has 0 aliphatic carbocycles. The first kappa shape index (κ1) is 12.3. The summed E-state index contributed by atoms with van der Waals surface area (Å²) in [6, 6.07) is 8.30. The molecule has 1 aromatic carbocycles. The summed E-state index contributed by atoms with van der Waals surface area (Å²) in [4.78, 5) is 10.2. The average molecular weight is 219 g/mol. The molecule has 3 heteroatoms. The van der Waals surface area contributed by atoms with Gasteiger partial charge in [0.25, 0.3) is 0 Å². The molecule has 2 N–H and O–H groups in total. The van der Waals surface area contributed by atoms with Crippen LogP contribution in [0.4, 0.5) is 0 Å². The number of rotatable bonds is 5. The Morgan fingerprint density at radius 2 is 2.00 bits per heavy atom. The van der Waals surface area contributed by atoms with Gasteiger partial charge >= 0.3 is 5.97 Å². The van der Waals surface area contributed by atoms with Crippen LogP contribution >= 0.6 is 0 Å². The summed E-state index contributed by atoms with van der Waals surface area (Å²) in [7, 11) is 0. The fourth-order valence-electron chi connectivity index (χ4n) is 1.33. The Hall–Kier alpha value is -1.77. The number of carbonyl (C=O) groups is 1. The summed E-state index contributed by atoms with van der Waals surface area (Å²) in [6.45, 7) is 4.95. The SMILES string of the molecule is CC(C)c1ccc(CN/C=C/C(=O)O)cc1. The van der Waals surface area contributed by atoms with Crippen molar-refractivity contribution in [1.82, 2.24) is 5.32 Å². The zero-order chi connectivity index (χ0) is 12.0. The zero-order valence-corrected chi connectivity index (χ0v) is 9.60. The van der Waals surface area contributed by atoms with Crippen molar-refractivity contribution in [3.8, 4) is 0 Å². The van der Waals surface area contributed by atoms with Gasteiger partial charge in [-0.25, -0.2) is 4.79 Å². The molecule has 0 saturated carbocycles. The normalized spacial score (nSPS) is 10.9. The molecule has 0 bridgehead atoms. The second kappa shape index (κ2) is 5.95. The fourth-order valence-corrected chi connectivity index (χ4v) is 1.33. The summed E-state index contributed by atoms with van der Waals surface area (Å²) in [6.07, 6.45) is 2.53. The molecule has 1 rings (SSSR count). The first-order valence-electron chi connectivity index (χ1n) is 5.31. The lowest BCUT2D eigenvalue weighted by molar-refractivity contribution is -0.131. The Balaban J connectivity index is 2.46. The maximum atomic E-state index is 10.2. The van der Waals surface area contributed by atoms with E-state index in [-0.39, 0.29) is 0 Å². The maximum Gasteiger partial charge on any atom is 0.329 e. The van der Waals surface area contributed by atoms with Gasteiger partial charge in [0.1, 0.15) is 0 Å². The number of hydrogen-bond acceptors (Lipinski definition) is 2. The predicted molar refractivity (Wildman–Crippen MR) is 64.1 cm³/mol. The van der Waals surface area contributed by atoms with E-state index < -0.39 is 5.97 Å². The third kappa shape index (κ3) is 4.17. The van der Waals surface area contributed by atoms with E-state index >= 15 is 0 Å². The molecule has 0 amide bonds. The van der Waals surface area contributed by atoms with Gasteiger partial charge in [0.2, 0.25) is 0 Å². The van der Waals surface area contributed by atoms with Crippen LogP contribution in [-0.4, -0.2) is 11.1 Å². The van der Waals surface area contributed by atoms with E-state index in [1.165, 1.54) is 11.8 Å². The highest BCUT2D eigenvalue weighted by atomic mass is 16.4. The van der Waals surface area contributed by atoms with Crippen molar-refractivity contribution in [1.29, 1.82) is 0 Å². The molecule has 0 aliphatic rings. The topological polar surface area (TPSA) is 49.3 Å². The Morgan fingerprint density at radius 3 is 2.50 bits per heavy atom. The minimum atomic E-state index is -0.942. The standard InChI is InChI=1S/C13H17NO2/c1-10(2)12-5-3-11(4-6-12)9-14-8-7-13(15)16/h3-8,10,14H,9H2,1-2H3,(H,15,16)/b8-7+. The summed E-state index contributed by atoms with van der Waals surface area (Å²) in [5.41, 5.74) is 2.45. The summed E-state index contributed by atoms with van der Waals surface area (Å²) in [5, 5.41) is 11.3. The van der Waals surface area contributed by atoms with Gasteiger partial charge in [-0.15, -0.1) is 0 Å². The Kier molecular flexibility index (Phi) is 4.58. The summed E-state index contributed by atoms with van der Waals surface area (Å²) in [5.74, 6) is -0.406. The molecule has 16 heavy (non-hydrogen) atoms. The van der Waals surface area contributed by atoms with Crippen LogP contribution in [0.1, 0.15) is 30.9 Å². The summed E-state index contributed by atoms with van der Waals surface area (Å²) < 4.78 is 0. The third-order valence-electron chi connectivity index (χ3n) is 2.30. The molecule has 0 atom stereocenters. The van der Waals surface area contributed by atoms with Crippen LogP contribution in [0.5, 0.6) is 0 Å². The molecule has 3 nitrogen and oxygen atoms in total. The molecule has 0 aliphatic heterocycles. The van der Waals surface area contributed by atoms with E-state index in [2.05, 4.69) is 43.4 Å². The average Bonchev–Trinajstić information content (AvgIpc) is 2.25. The molecular weight excluding hydrogens is 202 g/mol. The van der Waals surface area contributed by atoms with E-state index in [1.54, 1.807) is 0 Å². The summed E-state index contributed by atoms with van der Waals surface area (Å²) >= 11 is 0. The van der Waals surface area contributed by atoms with Crippen LogP contribution < -0.4 is 5.32 Å². The second-order valence-electron chi connectivity index (χ2n) is 3.95. The van der Waals surface area contributed by atoms with Crippen molar-refractivity contribution < 1.29 is 9.90 Å². The Bertz CT molecular complexity index is 366. The highest BCUT2D eigenvalue weighted by Crippen LogP contribution is 2.14. The maximum absolute atomic E-state index is 10.2. The van der Waals surface area contributed by atoms with E-state index in [0.717, 1.165) is 11.6 Å². The molecule has 0 spiro atoms. The molecule has 0 unspecified atom stereocenters. The number of carboxylic acids is 1. The van der Waals surface area contributed by atoms with E-state index in [4.69, 9.17) is 5.11 Å². The van der Waals surface area contributed by atoms with Crippen LogP contribution in [0.15, 0.2) is 36.5 Å². The monoisotopic (exact) mass is 219 g/mol. The third-order valence-corrected chi connectivity index (χ3v) is 2.30. The Labute approximate surface area is 95.8 Å². The largest absolute Gasteiger partial charge is 0.478 e. The van der Waals surface area contributed by atoms with Gasteiger partial charge in [-0.1, -0.05) is 38.1 Å². The minimum absolute atomic E-state index is 0.536. The van der Waals surface area contributed by atoms with E-state index in [0.29, 0.717) is 12.5 Å². The zero-order valence-electron chi connectivity index (χ0n) is 9.60. The molecule has 0 aromatic heterocycles. The van der Waals surface area contributed by atoms with Crippen LogP contribution in [0, 0.1) is 0 Å². The van der Waals surface area contributed by atoms with Gasteiger partial charge in [-0.3, -0.25) is 0 Å². The lowest BCUT2D eigenvalue weighted by Crippen LogP contribution is -2.05. The lowest BCUT2D eigenvalue weighted by Gasteiger charge is -2.06. The van der Waals surface area contributed by atoms with Crippen LogP contribution in [0.2, 0.25) is 0 Å². The number of nitrogens with one attached hydrogen (secondary N) is 1. The molecule has 0 heterocycles. The molecular formula is C13H17NO2. The highest BCUT2D eigenvalue weighted by molar-refractivity contribution is 5.79. The van der Waals surface area contributed by atoms with Crippen molar-refractivity contribution in [3.05, 3.63) is 47.7 Å². The lowest BCUT2D eigenvalue weighted by atomic mass is 10.0. The van der Waals surface area contributed by atoms with Gasteiger partial charge in [0.05, 0.1) is 0 Å². The van der Waals surface area contributed by atoms with Crippen LogP contribution in [-0.2, 0) is 11.3 Å². The first-order chi connectivity index (χ1) is 7.59. The van der Waals surface area contributed by atoms with Gasteiger partial charge in [0, 0.05) is 18.8 Å². The quantitative estimate of drug-likeness (QED) is 0.748. The number of aliphatic carboxylic acids is 1. The molecule has 0 saturated heterocycles. The van der Waals surface area contributed by atoms with Crippen molar-refractivity contribution in [2.24, 2.45) is 0 Å². The number of benzene rings is 1.